The van der Waals surface area contributed by atoms with Crippen LogP contribution in [-0.4, -0.2) is 34.0 Å². The van der Waals surface area contributed by atoms with Crippen molar-refractivity contribution in [1.82, 2.24) is 4.90 Å². The number of carboxylic acid groups (broad SMARTS) is 1. The molecule has 0 aliphatic carbocycles. The molecule has 1 amide bonds. The number of rotatable bonds is 0. The van der Waals surface area contributed by atoms with E-state index in [-0.39, 0.29) is 23.8 Å². The first-order valence-electron chi connectivity index (χ1n) is 4.65. The second-order valence-corrected chi connectivity index (χ2v) is 3.95. The van der Waals surface area contributed by atoms with Gasteiger partial charge >= 0.3 is 6.09 Å². The number of nitrogens with zero attached hydrogens (tertiary/aromatic N) is 1. The number of piperidine rings is 1. The summed E-state index contributed by atoms with van der Waals surface area (Å²) in [6.45, 7) is 1.84. The van der Waals surface area contributed by atoms with Gasteiger partial charge in [0.1, 0.15) is 5.78 Å². The molecule has 2 rings (SSSR count). The second-order valence-electron chi connectivity index (χ2n) is 3.95. The van der Waals surface area contributed by atoms with Crippen LogP contribution in [0.3, 0.4) is 0 Å². The van der Waals surface area contributed by atoms with Gasteiger partial charge in [0.05, 0.1) is 0 Å². The zero-order chi connectivity index (χ0) is 9.59. The number of fused-ring (bicyclic) bond motifs is 2. The Morgan fingerprint density at radius 1 is 1.54 bits per heavy atom. The zero-order valence-corrected chi connectivity index (χ0v) is 7.56. The molecule has 2 aliphatic rings. The maximum absolute atomic E-state index is 11.4. The standard InChI is InChI=1S/C9H13NO3/c1-5-7-3-2-6(4-8(5)11)10(7)9(12)13/h5-7H,2-4H2,1H3,(H,12,13). The summed E-state index contributed by atoms with van der Waals surface area (Å²) >= 11 is 0. The van der Waals surface area contributed by atoms with E-state index in [4.69, 9.17) is 5.11 Å². The third-order valence-corrected chi connectivity index (χ3v) is 3.29. The van der Waals surface area contributed by atoms with E-state index in [2.05, 4.69) is 0 Å². The minimum Gasteiger partial charge on any atom is -0.465 e. The summed E-state index contributed by atoms with van der Waals surface area (Å²) in [5, 5.41) is 8.94. The normalized spacial score (nSPS) is 38.1. The highest BCUT2D eigenvalue weighted by atomic mass is 16.4. The fourth-order valence-electron chi connectivity index (χ4n) is 2.53. The Kier molecular flexibility index (Phi) is 1.78. The number of ketones is 1. The van der Waals surface area contributed by atoms with Crippen LogP contribution in [0.5, 0.6) is 0 Å². The Morgan fingerprint density at radius 2 is 2.23 bits per heavy atom. The molecule has 2 saturated heterocycles. The average Bonchev–Trinajstić information content (AvgIpc) is 2.40. The lowest BCUT2D eigenvalue weighted by Gasteiger charge is -2.35. The van der Waals surface area contributed by atoms with Crippen molar-refractivity contribution in [3.05, 3.63) is 0 Å². The lowest BCUT2D eigenvalue weighted by Crippen LogP contribution is -2.50. The number of hydrogen-bond donors (Lipinski definition) is 1. The highest BCUT2D eigenvalue weighted by molar-refractivity contribution is 5.85. The van der Waals surface area contributed by atoms with Crippen molar-refractivity contribution in [3.8, 4) is 0 Å². The van der Waals surface area contributed by atoms with Crippen molar-refractivity contribution in [1.29, 1.82) is 0 Å². The summed E-state index contributed by atoms with van der Waals surface area (Å²) in [5.41, 5.74) is 0. The van der Waals surface area contributed by atoms with Gasteiger partial charge < -0.3 is 10.0 Å². The fourth-order valence-corrected chi connectivity index (χ4v) is 2.53. The number of carbonyl (C=O) groups is 2. The van der Waals surface area contributed by atoms with Gasteiger partial charge in [-0.3, -0.25) is 4.79 Å². The molecule has 0 aromatic carbocycles. The summed E-state index contributed by atoms with van der Waals surface area (Å²) in [7, 11) is 0. The van der Waals surface area contributed by atoms with Crippen LogP contribution in [0.2, 0.25) is 0 Å². The molecule has 1 N–H and O–H groups in total. The van der Waals surface area contributed by atoms with Crippen LogP contribution in [0.4, 0.5) is 4.79 Å². The predicted molar refractivity (Wildman–Crippen MR) is 45.5 cm³/mol. The SMILES string of the molecule is CC1C(=O)CC2CCC1N2C(=O)O. The number of Topliss-reactive ketones (excluding diaryl/α,β-unsaturated/α-hetero) is 1. The van der Waals surface area contributed by atoms with E-state index >= 15 is 0 Å². The van der Waals surface area contributed by atoms with E-state index in [1.165, 1.54) is 4.90 Å². The summed E-state index contributed by atoms with van der Waals surface area (Å²) in [6.07, 6.45) is 1.26. The van der Waals surface area contributed by atoms with Gasteiger partial charge in [-0.15, -0.1) is 0 Å². The molecule has 72 valence electrons. The van der Waals surface area contributed by atoms with E-state index in [1.807, 2.05) is 6.92 Å². The van der Waals surface area contributed by atoms with Gasteiger partial charge in [-0.25, -0.2) is 4.79 Å². The van der Waals surface area contributed by atoms with Crippen molar-refractivity contribution in [2.75, 3.05) is 0 Å². The maximum atomic E-state index is 11.4. The molecule has 0 aromatic heterocycles. The minimum absolute atomic E-state index is 0.0359. The summed E-state index contributed by atoms with van der Waals surface area (Å²) in [6, 6.07) is -0.0880. The molecule has 2 heterocycles. The van der Waals surface area contributed by atoms with Gasteiger partial charge in [0.15, 0.2) is 0 Å². The molecule has 2 bridgehead atoms. The molecule has 3 unspecified atom stereocenters. The number of carbonyl (C=O) groups excluding carboxylic acids is 1. The molecule has 4 nitrogen and oxygen atoms in total. The van der Waals surface area contributed by atoms with Gasteiger partial charge in [-0.2, -0.15) is 0 Å². The lowest BCUT2D eigenvalue weighted by atomic mass is 9.91. The number of hydrogen-bond acceptors (Lipinski definition) is 2. The smallest absolute Gasteiger partial charge is 0.407 e. The molecule has 0 aromatic rings. The number of amides is 1. The molecule has 2 aliphatic heterocycles. The second kappa shape index (κ2) is 2.72. The Morgan fingerprint density at radius 3 is 2.85 bits per heavy atom. The molecule has 0 spiro atoms. The monoisotopic (exact) mass is 183 g/mol. The van der Waals surface area contributed by atoms with Crippen molar-refractivity contribution in [2.45, 2.75) is 38.3 Å². The zero-order valence-electron chi connectivity index (χ0n) is 7.56. The van der Waals surface area contributed by atoms with Gasteiger partial charge in [-0.1, -0.05) is 6.92 Å². The highest BCUT2D eigenvalue weighted by Gasteiger charge is 2.46. The highest BCUT2D eigenvalue weighted by Crippen LogP contribution is 2.36. The first-order valence-corrected chi connectivity index (χ1v) is 4.65. The van der Waals surface area contributed by atoms with Crippen LogP contribution in [0.1, 0.15) is 26.2 Å². The molecule has 13 heavy (non-hydrogen) atoms. The summed E-state index contributed by atoms with van der Waals surface area (Å²) in [5.74, 6) is 0.125. The molecule has 3 atom stereocenters. The quantitative estimate of drug-likeness (QED) is 0.612. The third kappa shape index (κ3) is 1.12. The molecule has 0 saturated carbocycles. The Hall–Kier alpha value is -1.06. The first kappa shape index (κ1) is 8.53. The van der Waals surface area contributed by atoms with Gasteiger partial charge in [0, 0.05) is 24.4 Å². The van der Waals surface area contributed by atoms with Crippen LogP contribution in [0, 0.1) is 5.92 Å². The fraction of sp³-hybridized carbons (Fsp3) is 0.778. The molecule has 0 radical (unpaired) electrons. The van der Waals surface area contributed by atoms with Crippen LogP contribution < -0.4 is 0 Å². The Labute approximate surface area is 76.5 Å². The molecule has 2 fully saturated rings. The Bertz CT molecular complexity index is 264. The van der Waals surface area contributed by atoms with Gasteiger partial charge in [0.2, 0.25) is 0 Å². The van der Waals surface area contributed by atoms with E-state index in [9.17, 15) is 9.59 Å². The van der Waals surface area contributed by atoms with Crippen molar-refractivity contribution < 1.29 is 14.7 Å². The summed E-state index contributed by atoms with van der Waals surface area (Å²) < 4.78 is 0. The maximum Gasteiger partial charge on any atom is 0.407 e. The largest absolute Gasteiger partial charge is 0.465 e. The van der Waals surface area contributed by atoms with Crippen LogP contribution >= 0.6 is 0 Å². The average molecular weight is 183 g/mol. The Balaban J connectivity index is 2.26. The first-order chi connectivity index (χ1) is 6.11. The minimum atomic E-state index is -0.869. The van der Waals surface area contributed by atoms with E-state index in [0.717, 1.165) is 12.8 Å². The predicted octanol–water partition coefficient (Wildman–Crippen LogP) is 1.11. The van der Waals surface area contributed by atoms with E-state index in [0.29, 0.717) is 6.42 Å². The third-order valence-electron chi connectivity index (χ3n) is 3.29. The van der Waals surface area contributed by atoms with Gasteiger partial charge in [-0.05, 0) is 12.8 Å². The van der Waals surface area contributed by atoms with Crippen molar-refractivity contribution in [2.24, 2.45) is 5.92 Å². The van der Waals surface area contributed by atoms with Gasteiger partial charge in [0.25, 0.3) is 0 Å². The van der Waals surface area contributed by atoms with Crippen LogP contribution in [0.15, 0.2) is 0 Å². The molecular weight excluding hydrogens is 170 g/mol. The van der Waals surface area contributed by atoms with Crippen molar-refractivity contribution in [3.63, 3.8) is 0 Å². The van der Waals surface area contributed by atoms with Crippen molar-refractivity contribution >= 4 is 11.9 Å². The van der Waals surface area contributed by atoms with Crippen LogP contribution in [0.25, 0.3) is 0 Å². The summed E-state index contributed by atoms with van der Waals surface area (Å²) in [4.78, 5) is 23.8. The van der Waals surface area contributed by atoms with E-state index in [1.54, 1.807) is 0 Å². The van der Waals surface area contributed by atoms with E-state index < -0.39 is 6.09 Å². The topological polar surface area (TPSA) is 57.6 Å². The van der Waals surface area contributed by atoms with Crippen LogP contribution in [-0.2, 0) is 4.79 Å². The molecule has 4 heteroatoms. The lowest BCUT2D eigenvalue weighted by molar-refractivity contribution is -0.127. The molecular formula is C9H13NO3.